The molecule has 0 spiro atoms. The predicted molar refractivity (Wildman–Crippen MR) is 56.2 cm³/mol. The van der Waals surface area contributed by atoms with E-state index in [1.54, 1.807) is 0 Å². The Kier molecular flexibility index (Phi) is 4.53. The fraction of sp³-hybridized carbons (Fsp3) is 0.364. The molecule has 2 unspecified atom stereocenters. The van der Waals surface area contributed by atoms with E-state index in [-0.39, 0.29) is 11.1 Å². The van der Waals surface area contributed by atoms with Gasteiger partial charge in [0.2, 0.25) is 5.91 Å². The molecule has 17 heavy (non-hydrogen) atoms. The molecule has 0 aliphatic heterocycles. The molecule has 4 N–H and O–H groups in total. The normalized spacial score (nSPS) is 14.6. The van der Waals surface area contributed by atoms with Crippen LogP contribution < -0.4 is 5.73 Å². The lowest BCUT2D eigenvalue weighted by molar-refractivity contribution is -0.121. The first kappa shape index (κ1) is 13.5. The quantitative estimate of drug-likeness (QED) is 0.720. The van der Waals surface area contributed by atoms with Gasteiger partial charge in [-0.1, -0.05) is 18.2 Å². The maximum absolute atomic E-state index is 12.4. The zero-order chi connectivity index (χ0) is 13.0. The first-order valence-corrected chi connectivity index (χ1v) is 4.94. The third kappa shape index (κ3) is 3.76. The Morgan fingerprint density at radius 2 is 1.88 bits per heavy atom. The Labute approximate surface area is 96.7 Å². The van der Waals surface area contributed by atoms with Crippen molar-refractivity contribution in [2.24, 2.45) is 5.73 Å². The highest BCUT2D eigenvalue weighted by atomic mass is 19.3. The summed E-state index contributed by atoms with van der Waals surface area (Å²) in [4.78, 5) is 10.6. The van der Waals surface area contributed by atoms with E-state index in [9.17, 15) is 23.8 Å². The Balaban J connectivity index is 2.84. The average molecular weight is 245 g/mol. The van der Waals surface area contributed by atoms with E-state index in [4.69, 9.17) is 5.73 Å². The van der Waals surface area contributed by atoms with Crippen LogP contribution in [0, 0.1) is 0 Å². The minimum Gasteiger partial charge on any atom is -0.390 e. The van der Waals surface area contributed by atoms with Crippen LogP contribution in [0.5, 0.6) is 0 Å². The molecule has 6 heteroatoms. The monoisotopic (exact) mass is 245 g/mol. The van der Waals surface area contributed by atoms with Gasteiger partial charge in [-0.2, -0.15) is 0 Å². The van der Waals surface area contributed by atoms with Gasteiger partial charge in [0, 0.05) is 5.56 Å². The molecule has 1 rings (SSSR count). The minimum atomic E-state index is -2.66. The van der Waals surface area contributed by atoms with Crippen LogP contribution in [-0.2, 0) is 4.79 Å². The molecular formula is C11H13F2NO3. The lowest BCUT2D eigenvalue weighted by atomic mass is 10.00. The number of rotatable bonds is 5. The summed E-state index contributed by atoms with van der Waals surface area (Å²) in [5, 5.41) is 19.1. The summed E-state index contributed by atoms with van der Waals surface area (Å²) in [6.07, 6.45) is -5.91. The topological polar surface area (TPSA) is 83.6 Å². The zero-order valence-electron chi connectivity index (χ0n) is 8.88. The van der Waals surface area contributed by atoms with Crippen LogP contribution in [0.4, 0.5) is 8.78 Å². The number of halogens is 2. The molecule has 94 valence electrons. The van der Waals surface area contributed by atoms with Crippen LogP contribution >= 0.6 is 0 Å². The van der Waals surface area contributed by atoms with Gasteiger partial charge in [0.1, 0.15) is 6.10 Å². The van der Waals surface area contributed by atoms with E-state index in [0.717, 1.165) is 6.07 Å². The molecule has 0 bridgehead atoms. The van der Waals surface area contributed by atoms with Gasteiger partial charge in [-0.15, -0.1) is 0 Å². The van der Waals surface area contributed by atoms with E-state index in [2.05, 4.69) is 0 Å². The van der Waals surface area contributed by atoms with Crippen LogP contribution in [0.15, 0.2) is 24.3 Å². The fourth-order valence-electron chi connectivity index (χ4n) is 1.42. The highest BCUT2D eigenvalue weighted by molar-refractivity contribution is 5.74. The van der Waals surface area contributed by atoms with Gasteiger partial charge in [-0.25, -0.2) is 8.78 Å². The Morgan fingerprint density at radius 3 is 2.41 bits per heavy atom. The van der Waals surface area contributed by atoms with Gasteiger partial charge < -0.3 is 15.9 Å². The third-order valence-electron chi connectivity index (χ3n) is 2.28. The summed E-state index contributed by atoms with van der Waals surface area (Å²) in [6, 6.07) is 5.03. The van der Waals surface area contributed by atoms with Crippen molar-refractivity contribution in [1.29, 1.82) is 0 Å². The molecular weight excluding hydrogens is 232 g/mol. The van der Waals surface area contributed by atoms with Crippen LogP contribution in [-0.4, -0.2) is 22.2 Å². The van der Waals surface area contributed by atoms with Gasteiger partial charge in [-0.05, 0) is 11.6 Å². The summed E-state index contributed by atoms with van der Waals surface area (Å²) in [5.74, 6) is -0.776. The number of alkyl halides is 2. The molecule has 0 saturated carbocycles. The standard InChI is InChI=1S/C11H13F2NO3/c12-11(13)7-3-1-2-6(4-7)10(17)8(15)5-9(14)16/h1-4,8,10-11,15,17H,5H2,(H2,14,16). The number of benzene rings is 1. The number of hydrogen-bond donors (Lipinski definition) is 3. The predicted octanol–water partition coefficient (Wildman–Crippen LogP) is 0.894. The van der Waals surface area contributed by atoms with Crippen molar-refractivity contribution in [3.63, 3.8) is 0 Å². The summed E-state index contributed by atoms with van der Waals surface area (Å²) >= 11 is 0. The summed E-state index contributed by atoms with van der Waals surface area (Å²) in [7, 11) is 0. The summed E-state index contributed by atoms with van der Waals surface area (Å²) < 4.78 is 24.8. The van der Waals surface area contributed by atoms with E-state index >= 15 is 0 Å². The largest absolute Gasteiger partial charge is 0.390 e. The van der Waals surface area contributed by atoms with Gasteiger partial charge in [0.25, 0.3) is 6.43 Å². The number of aliphatic hydroxyl groups excluding tert-OH is 2. The highest BCUT2D eigenvalue weighted by Crippen LogP contribution is 2.24. The molecule has 1 amide bonds. The molecule has 1 aromatic rings. The Morgan fingerprint density at radius 1 is 1.29 bits per heavy atom. The lowest BCUT2D eigenvalue weighted by Gasteiger charge is -2.17. The third-order valence-corrected chi connectivity index (χ3v) is 2.28. The first-order chi connectivity index (χ1) is 7.91. The second-order valence-electron chi connectivity index (χ2n) is 3.65. The second kappa shape index (κ2) is 5.70. The number of carbonyl (C=O) groups is 1. The van der Waals surface area contributed by atoms with Crippen molar-refractivity contribution in [2.45, 2.75) is 25.1 Å². The smallest absolute Gasteiger partial charge is 0.263 e. The maximum Gasteiger partial charge on any atom is 0.263 e. The van der Waals surface area contributed by atoms with Crippen LogP contribution in [0.2, 0.25) is 0 Å². The van der Waals surface area contributed by atoms with E-state index in [1.807, 2.05) is 0 Å². The number of nitrogens with two attached hydrogens (primary N) is 1. The Hall–Kier alpha value is -1.53. The van der Waals surface area contributed by atoms with Gasteiger partial charge in [0.05, 0.1) is 12.5 Å². The van der Waals surface area contributed by atoms with Gasteiger partial charge in [0.15, 0.2) is 0 Å². The zero-order valence-corrected chi connectivity index (χ0v) is 8.88. The maximum atomic E-state index is 12.4. The summed E-state index contributed by atoms with van der Waals surface area (Å²) in [6.45, 7) is 0. The number of amides is 1. The molecule has 0 aliphatic rings. The van der Waals surface area contributed by atoms with Crippen LogP contribution in [0.1, 0.15) is 30.1 Å². The summed E-state index contributed by atoms with van der Waals surface area (Å²) in [5.41, 5.74) is 4.72. The van der Waals surface area contributed by atoms with Crippen molar-refractivity contribution in [2.75, 3.05) is 0 Å². The molecule has 0 aromatic heterocycles. The van der Waals surface area contributed by atoms with E-state index in [0.29, 0.717) is 0 Å². The van der Waals surface area contributed by atoms with Crippen molar-refractivity contribution in [1.82, 2.24) is 0 Å². The van der Waals surface area contributed by atoms with Crippen molar-refractivity contribution in [3.05, 3.63) is 35.4 Å². The van der Waals surface area contributed by atoms with Gasteiger partial charge in [-0.3, -0.25) is 4.79 Å². The van der Waals surface area contributed by atoms with Gasteiger partial charge >= 0.3 is 0 Å². The van der Waals surface area contributed by atoms with Crippen LogP contribution in [0.3, 0.4) is 0 Å². The van der Waals surface area contributed by atoms with E-state index in [1.165, 1.54) is 18.2 Å². The molecule has 0 heterocycles. The molecule has 4 nitrogen and oxygen atoms in total. The number of hydrogen-bond acceptors (Lipinski definition) is 3. The number of aliphatic hydroxyl groups is 2. The molecule has 0 aliphatic carbocycles. The van der Waals surface area contributed by atoms with E-state index < -0.39 is 31.0 Å². The molecule has 1 aromatic carbocycles. The molecule has 0 fully saturated rings. The van der Waals surface area contributed by atoms with Crippen molar-refractivity contribution < 1.29 is 23.8 Å². The lowest BCUT2D eigenvalue weighted by Crippen LogP contribution is -2.25. The average Bonchev–Trinajstić information content (AvgIpc) is 2.27. The van der Waals surface area contributed by atoms with Crippen molar-refractivity contribution >= 4 is 5.91 Å². The number of carbonyl (C=O) groups excluding carboxylic acids is 1. The SMILES string of the molecule is NC(=O)CC(O)C(O)c1cccc(C(F)F)c1. The minimum absolute atomic E-state index is 0.122. The molecule has 2 atom stereocenters. The van der Waals surface area contributed by atoms with Crippen LogP contribution in [0.25, 0.3) is 0 Å². The second-order valence-corrected chi connectivity index (χ2v) is 3.65. The van der Waals surface area contributed by atoms with Crippen molar-refractivity contribution in [3.8, 4) is 0 Å². The Bertz CT molecular complexity index is 398. The molecule has 0 radical (unpaired) electrons. The first-order valence-electron chi connectivity index (χ1n) is 4.94. The fourth-order valence-corrected chi connectivity index (χ4v) is 1.42. The molecule has 0 saturated heterocycles. The number of primary amides is 1. The highest BCUT2D eigenvalue weighted by Gasteiger charge is 2.21.